The molecule has 1 aliphatic heterocycles. The summed E-state index contributed by atoms with van der Waals surface area (Å²) < 4.78 is 10.4. The molecule has 26 heavy (non-hydrogen) atoms. The van der Waals surface area contributed by atoms with E-state index in [-0.39, 0.29) is 5.91 Å². The maximum absolute atomic E-state index is 12.5. The van der Waals surface area contributed by atoms with Gasteiger partial charge in [0.05, 0.1) is 7.11 Å². The molecule has 0 bridgehead atoms. The number of rotatable bonds is 5. The van der Waals surface area contributed by atoms with E-state index in [9.17, 15) is 9.59 Å². The van der Waals surface area contributed by atoms with Gasteiger partial charge in [-0.15, -0.1) is 11.3 Å². The molecule has 0 radical (unpaired) electrons. The van der Waals surface area contributed by atoms with Crippen molar-refractivity contribution in [3.63, 3.8) is 0 Å². The monoisotopic (exact) mass is 373 g/mol. The molecule has 1 N–H and O–H groups in total. The lowest BCUT2D eigenvalue weighted by Gasteiger charge is -2.11. The van der Waals surface area contributed by atoms with Crippen molar-refractivity contribution >= 4 is 28.2 Å². The van der Waals surface area contributed by atoms with E-state index in [4.69, 9.17) is 9.47 Å². The first kappa shape index (κ1) is 18.6. The summed E-state index contributed by atoms with van der Waals surface area (Å²) in [6.45, 7) is 4.64. The molecule has 138 valence electrons. The fourth-order valence-corrected chi connectivity index (χ4v) is 4.23. The van der Waals surface area contributed by atoms with E-state index in [1.54, 1.807) is 0 Å². The summed E-state index contributed by atoms with van der Waals surface area (Å²) in [5.74, 6) is -0.659. The Balaban J connectivity index is 1.99. The summed E-state index contributed by atoms with van der Waals surface area (Å²) in [4.78, 5) is 25.9. The molecule has 0 unspecified atom stereocenters. The molecule has 1 fully saturated rings. The highest BCUT2D eigenvalue weighted by Crippen LogP contribution is 2.40. The molecule has 2 aromatic rings. The number of amides is 1. The standard InChI is InChI=1S/C20H23NO4S/c1-4-13-7-9-14(10-8-13)16-12(2)26-19(17(16)20(23)24-3)21-18(22)15-6-5-11-25-15/h7-10,15H,4-6,11H2,1-3H3,(H,21,22)/t15-/m0/s1. The zero-order valence-electron chi connectivity index (χ0n) is 15.3. The number of hydrogen-bond donors (Lipinski definition) is 1. The highest BCUT2D eigenvalue weighted by atomic mass is 32.1. The van der Waals surface area contributed by atoms with Crippen LogP contribution in [0.25, 0.3) is 11.1 Å². The lowest BCUT2D eigenvalue weighted by Crippen LogP contribution is -2.27. The van der Waals surface area contributed by atoms with Crippen LogP contribution in [0.1, 0.15) is 40.6 Å². The molecule has 6 heteroatoms. The van der Waals surface area contributed by atoms with Crippen LogP contribution in [0.5, 0.6) is 0 Å². The van der Waals surface area contributed by atoms with Gasteiger partial charge in [0.1, 0.15) is 16.7 Å². The molecule has 1 atom stereocenters. The third-order valence-corrected chi connectivity index (χ3v) is 5.60. The van der Waals surface area contributed by atoms with Gasteiger partial charge in [-0.05, 0) is 37.3 Å². The van der Waals surface area contributed by atoms with Crippen LogP contribution in [0, 0.1) is 6.92 Å². The van der Waals surface area contributed by atoms with Crippen molar-refractivity contribution in [3.8, 4) is 11.1 Å². The Morgan fingerprint density at radius 2 is 2.04 bits per heavy atom. The van der Waals surface area contributed by atoms with Crippen LogP contribution in [0.3, 0.4) is 0 Å². The first-order chi connectivity index (χ1) is 12.5. The van der Waals surface area contributed by atoms with Crippen molar-refractivity contribution in [1.82, 2.24) is 0 Å². The Kier molecular flexibility index (Phi) is 5.74. The predicted molar refractivity (Wildman–Crippen MR) is 103 cm³/mol. The Hall–Kier alpha value is -2.18. The molecular weight excluding hydrogens is 350 g/mol. The van der Waals surface area contributed by atoms with Gasteiger partial charge in [-0.25, -0.2) is 4.79 Å². The Bertz CT molecular complexity index is 804. The first-order valence-corrected chi connectivity index (χ1v) is 9.60. The van der Waals surface area contributed by atoms with Gasteiger partial charge in [0.25, 0.3) is 5.91 Å². The van der Waals surface area contributed by atoms with Gasteiger partial charge >= 0.3 is 5.97 Å². The summed E-state index contributed by atoms with van der Waals surface area (Å²) in [7, 11) is 1.35. The minimum atomic E-state index is -0.452. The topological polar surface area (TPSA) is 64.6 Å². The van der Waals surface area contributed by atoms with Gasteiger partial charge in [-0.1, -0.05) is 31.2 Å². The number of aryl methyl sites for hydroxylation is 2. The number of ether oxygens (including phenoxy) is 2. The van der Waals surface area contributed by atoms with Crippen molar-refractivity contribution in [2.24, 2.45) is 0 Å². The summed E-state index contributed by atoms with van der Waals surface area (Å²) in [6, 6.07) is 8.12. The van der Waals surface area contributed by atoms with Crippen LogP contribution in [0.4, 0.5) is 5.00 Å². The molecule has 0 spiro atoms. The van der Waals surface area contributed by atoms with E-state index in [2.05, 4.69) is 24.4 Å². The normalized spacial score (nSPS) is 16.5. The van der Waals surface area contributed by atoms with Crippen LogP contribution in [-0.2, 0) is 20.7 Å². The molecular formula is C20H23NO4S. The zero-order chi connectivity index (χ0) is 18.7. The first-order valence-electron chi connectivity index (χ1n) is 8.78. The van der Waals surface area contributed by atoms with E-state index < -0.39 is 12.1 Å². The smallest absolute Gasteiger partial charge is 0.341 e. The van der Waals surface area contributed by atoms with Crippen LogP contribution in [0.2, 0.25) is 0 Å². The van der Waals surface area contributed by atoms with Crippen LogP contribution in [0.15, 0.2) is 24.3 Å². The second-order valence-electron chi connectivity index (χ2n) is 6.27. The largest absolute Gasteiger partial charge is 0.465 e. The van der Waals surface area contributed by atoms with Gasteiger partial charge in [-0.2, -0.15) is 0 Å². The van der Waals surface area contributed by atoms with Crippen molar-refractivity contribution in [2.45, 2.75) is 39.2 Å². The molecule has 1 aromatic carbocycles. The zero-order valence-corrected chi connectivity index (χ0v) is 16.1. The fourth-order valence-electron chi connectivity index (χ4n) is 3.16. The molecule has 3 rings (SSSR count). The number of benzene rings is 1. The van der Waals surface area contributed by atoms with E-state index in [1.165, 1.54) is 24.0 Å². The fraction of sp³-hybridized carbons (Fsp3) is 0.400. The lowest BCUT2D eigenvalue weighted by atomic mass is 9.99. The Morgan fingerprint density at radius 1 is 1.31 bits per heavy atom. The molecule has 0 saturated carbocycles. The number of carbonyl (C=O) groups is 2. The molecule has 0 aliphatic carbocycles. The Labute approximate surface area is 157 Å². The number of esters is 1. The van der Waals surface area contributed by atoms with Crippen molar-refractivity contribution in [3.05, 3.63) is 40.3 Å². The number of anilines is 1. The van der Waals surface area contributed by atoms with Gasteiger partial charge in [0.15, 0.2) is 0 Å². The molecule has 1 aliphatic rings. The molecule has 1 aromatic heterocycles. The van der Waals surface area contributed by atoms with Gasteiger partial charge < -0.3 is 14.8 Å². The summed E-state index contributed by atoms with van der Waals surface area (Å²) in [5.41, 5.74) is 3.39. The molecule has 1 saturated heterocycles. The third kappa shape index (κ3) is 3.66. The number of hydrogen-bond acceptors (Lipinski definition) is 5. The quantitative estimate of drug-likeness (QED) is 0.798. The number of thiophene rings is 1. The maximum atomic E-state index is 12.5. The van der Waals surface area contributed by atoms with Crippen molar-refractivity contribution < 1.29 is 19.1 Å². The van der Waals surface area contributed by atoms with E-state index in [1.807, 2.05) is 19.1 Å². The van der Waals surface area contributed by atoms with Crippen LogP contribution in [-0.4, -0.2) is 31.7 Å². The summed E-state index contributed by atoms with van der Waals surface area (Å²) in [5, 5.41) is 3.39. The minimum absolute atomic E-state index is 0.207. The van der Waals surface area contributed by atoms with E-state index in [0.717, 1.165) is 28.8 Å². The van der Waals surface area contributed by atoms with E-state index >= 15 is 0 Å². The third-order valence-electron chi connectivity index (χ3n) is 4.58. The maximum Gasteiger partial charge on any atom is 0.341 e. The van der Waals surface area contributed by atoms with Gasteiger partial charge in [-0.3, -0.25) is 4.79 Å². The number of nitrogens with one attached hydrogen (secondary N) is 1. The second-order valence-corrected chi connectivity index (χ2v) is 7.50. The highest BCUT2D eigenvalue weighted by Gasteiger charge is 2.29. The Morgan fingerprint density at radius 3 is 2.62 bits per heavy atom. The number of methoxy groups -OCH3 is 1. The van der Waals surface area contributed by atoms with Gasteiger partial charge in [0.2, 0.25) is 0 Å². The summed E-state index contributed by atoms with van der Waals surface area (Å²) in [6.07, 6.45) is 2.08. The average molecular weight is 373 g/mol. The summed E-state index contributed by atoms with van der Waals surface area (Å²) >= 11 is 1.39. The van der Waals surface area contributed by atoms with Crippen molar-refractivity contribution in [1.29, 1.82) is 0 Å². The molecule has 5 nitrogen and oxygen atoms in total. The molecule has 2 heterocycles. The second kappa shape index (κ2) is 8.01. The van der Waals surface area contributed by atoms with Crippen molar-refractivity contribution in [2.75, 3.05) is 19.0 Å². The van der Waals surface area contributed by atoms with E-state index in [0.29, 0.717) is 23.6 Å². The predicted octanol–water partition coefficient (Wildman–Crippen LogP) is 4.19. The van der Waals surface area contributed by atoms with Crippen LogP contribution >= 0.6 is 11.3 Å². The average Bonchev–Trinajstić information content (AvgIpc) is 3.29. The number of carbonyl (C=O) groups excluding carboxylic acids is 2. The highest BCUT2D eigenvalue weighted by molar-refractivity contribution is 7.17. The van der Waals surface area contributed by atoms with Gasteiger partial charge in [0, 0.05) is 17.0 Å². The SMILES string of the molecule is CCc1ccc(-c2c(C)sc(NC(=O)[C@@H]3CCCO3)c2C(=O)OC)cc1. The lowest BCUT2D eigenvalue weighted by molar-refractivity contribution is -0.124. The molecule has 1 amide bonds. The van der Waals surface area contributed by atoms with Crippen LogP contribution < -0.4 is 5.32 Å². The minimum Gasteiger partial charge on any atom is -0.465 e.